The van der Waals surface area contributed by atoms with Gasteiger partial charge in [-0.1, -0.05) is 121 Å². The van der Waals surface area contributed by atoms with Crippen LogP contribution in [-0.4, -0.2) is 30.0 Å². The summed E-state index contributed by atoms with van der Waals surface area (Å²) in [6.07, 6.45) is 0. The summed E-state index contributed by atoms with van der Waals surface area (Å²) in [7, 11) is -4.78. The minimum atomic E-state index is -2.39. The van der Waals surface area contributed by atoms with Crippen LogP contribution in [0.25, 0.3) is 0 Å². The standard InChI is InChI=1S/C26H22O4Si2/c27-25(29-31(21-13-5-1-6-14-21)22-15-7-2-8-16-22)26(28)30-32(23-17-9-3-10-18-23)24-19-11-4-12-20-24/h1-20,31-32H. The lowest BCUT2D eigenvalue weighted by atomic mass is 10.4. The molecule has 4 aromatic rings. The molecule has 4 rings (SSSR count). The molecule has 0 aromatic heterocycles. The zero-order valence-electron chi connectivity index (χ0n) is 17.3. The summed E-state index contributed by atoms with van der Waals surface area (Å²) in [5, 5.41) is 3.67. The normalized spacial score (nSPS) is 10.7. The van der Waals surface area contributed by atoms with Gasteiger partial charge in [-0.2, -0.15) is 0 Å². The van der Waals surface area contributed by atoms with Crippen LogP contribution in [0.15, 0.2) is 121 Å². The van der Waals surface area contributed by atoms with Gasteiger partial charge in [-0.3, -0.25) is 0 Å². The predicted molar refractivity (Wildman–Crippen MR) is 131 cm³/mol. The summed E-state index contributed by atoms with van der Waals surface area (Å²) in [5.74, 6) is -1.89. The first-order chi connectivity index (χ1) is 15.7. The zero-order valence-corrected chi connectivity index (χ0v) is 19.6. The predicted octanol–water partition coefficient (Wildman–Crippen LogP) is 1.15. The lowest BCUT2D eigenvalue weighted by molar-refractivity contribution is -0.156. The molecule has 0 unspecified atom stereocenters. The molecule has 0 spiro atoms. The maximum Gasteiger partial charge on any atom is 0.403 e. The first-order valence-corrected chi connectivity index (χ1v) is 13.6. The van der Waals surface area contributed by atoms with Gasteiger partial charge in [-0.05, 0) is 20.7 Å². The van der Waals surface area contributed by atoms with E-state index < -0.39 is 30.0 Å². The lowest BCUT2D eigenvalue weighted by Gasteiger charge is -2.19. The fourth-order valence-electron chi connectivity index (χ4n) is 3.48. The van der Waals surface area contributed by atoms with Crippen LogP contribution in [0.1, 0.15) is 0 Å². The molecule has 32 heavy (non-hydrogen) atoms. The van der Waals surface area contributed by atoms with Gasteiger partial charge >= 0.3 is 30.0 Å². The molecule has 4 aromatic carbocycles. The molecule has 0 heterocycles. The van der Waals surface area contributed by atoms with Crippen molar-refractivity contribution in [1.82, 2.24) is 0 Å². The quantitative estimate of drug-likeness (QED) is 0.324. The van der Waals surface area contributed by atoms with Crippen LogP contribution >= 0.6 is 0 Å². The van der Waals surface area contributed by atoms with E-state index >= 15 is 0 Å². The summed E-state index contributed by atoms with van der Waals surface area (Å²) in [6.45, 7) is 0. The van der Waals surface area contributed by atoms with Crippen molar-refractivity contribution in [3.05, 3.63) is 121 Å². The minimum absolute atomic E-state index is 0.916. The van der Waals surface area contributed by atoms with E-state index in [9.17, 15) is 9.59 Å². The molecule has 0 aliphatic rings. The molecule has 0 saturated heterocycles. The number of carbonyl (C=O) groups excluding carboxylic acids is 2. The molecule has 6 heteroatoms. The van der Waals surface area contributed by atoms with Crippen LogP contribution in [0.5, 0.6) is 0 Å². The van der Waals surface area contributed by atoms with Crippen molar-refractivity contribution in [2.24, 2.45) is 0 Å². The molecule has 0 aliphatic carbocycles. The van der Waals surface area contributed by atoms with Crippen LogP contribution in [0, 0.1) is 0 Å². The van der Waals surface area contributed by atoms with Gasteiger partial charge < -0.3 is 8.85 Å². The highest BCUT2D eigenvalue weighted by molar-refractivity contribution is 6.83. The summed E-state index contributed by atoms with van der Waals surface area (Å²) < 4.78 is 11.6. The van der Waals surface area contributed by atoms with E-state index in [1.165, 1.54) is 0 Å². The fourth-order valence-corrected chi connectivity index (χ4v) is 7.70. The zero-order chi connectivity index (χ0) is 22.2. The van der Waals surface area contributed by atoms with E-state index in [2.05, 4.69) is 0 Å². The smallest absolute Gasteiger partial charge is 0.403 e. The molecule has 4 nitrogen and oxygen atoms in total. The van der Waals surface area contributed by atoms with Crippen LogP contribution in [0.4, 0.5) is 0 Å². The Hall–Kier alpha value is -3.75. The highest BCUT2D eigenvalue weighted by Crippen LogP contribution is 2.00. The number of carbonyl (C=O) groups is 2. The van der Waals surface area contributed by atoms with E-state index in [0.717, 1.165) is 20.7 Å². The highest BCUT2D eigenvalue weighted by atomic mass is 28.3. The second-order valence-electron chi connectivity index (χ2n) is 7.21. The topological polar surface area (TPSA) is 52.6 Å². The van der Waals surface area contributed by atoms with E-state index in [4.69, 9.17) is 8.85 Å². The van der Waals surface area contributed by atoms with Crippen LogP contribution < -0.4 is 20.7 Å². The van der Waals surface area contributed by atoms with E-state index in [1.54, 1.807) is 0 Å². The Balaban J connectivity index is 1.57. The summed E-state index contributed by atoms with van der Waals surface area (Å²) in [6, 6.07) is 38.2. The Morgan fingerprint density at radius 2 is 0.625 bits per heavy atom. The Morgan fingerprint density at radius 3 is 0.844 bits per heavy atom. The van der Waals surface area contributed by atoms with Gasteiger partial charge in [0, 0.05) is 0 Å². The lowest BCUT2D eigenvalue weighted by Crippen LogP contribution is -2.50. The molecule has 0 bridgehead atoms. The molecule has 0 aliphatic heterocycles. The first kappa shape index (κ1) is 21.5. The van der Waals surface area contributed by atoms with Crippen LogP contribution in [-0.2, 0) is 18.4 Å². The van der Waals surface area contributed by atoms with Gasteiger partial charge in [0.05, 0.1) is 0 Å². The van der Waals surface area contributed by atoms with Gasteiger partial charge in [-0.25, -0.2) is 9.59 Å². The van der Waals surface area contributed by atoms with E-state index in [1.807, 2.05) is 121 Å². The van der Waals surface area contributed by atoms with Crippen molar-refractivity contribution in [1.29, 1.82) is 0 Å². The molecular formula is C26H22O4Si2. The Kier molecular flexibility index (Phi) is 7.06. The largest absolute Gasteiger partial charge is 0.505 e. The van der Waals surface area contributed by atoms with E-state index in [-0.39, 0.29) is 0 Å². The minimum Gasteiger partial charge on any atom is -0.505 e. The number of rotatable bonds is 6. The average Bonchev–Trinajstić information content (AvgIpc) is 2.87. The van der Waals surface area contributed by atoms with Gasteiger partial charge in [0.2, 0.25) is 0 Å². The molecular weight excluding hydrogens is 432 g/mol. The maximum absolute atomic E-state index is 12.9. The van der Waals surface area contributed by atoms with Crippen molar-refractivity contribution >= 4 is 50.8 Å². The van der Waals surface area contributed by atoms with Crippen molar-refractivity contribution < 1.29 is 18.4 Å². The third-order valence-corrected chi connectivity index (χ3v) is 9.89. The average molecular weight is 455 g/mol. The fraction of sp³-hybridized carbons (Fsp3) is 0. The number of hydrogen-bond acceptors (Lipinski definition) is 4. The number of hydrogen-bond donors (Lipinski definition) is 0. The Bertz CT molecular complexity index is 980. The molecule has 0 amide bonds. The van der Waals surface area contributed by atoms with Crippen molar-refractivity contribution in [3.63, 3.8) is 0 Å². The van der Waals surface area contributed by atoms with E-state index in [0.29, 0.717) is 0 Å². The SMILES string of the molecule is O=C(O[SiH](c1ccccc1)c1ccccc1)C(=O)O[SiH](c1ccccc1)c1ccccc1. The summed E-state index contributed by atoms with van der Waals surface area (Å²) >= 11 is 0. The molecule has 0 radical (unpaired) electrons. The summed E-state index contributed by atoms with van der Waals surface area (Å²) in [4.78, 5) is 25.7. The third kappa shape index (κ3) is 5.29. The Labute approximate surface area is 190 Å². The third-order valence-electron chi connectivity index (χ3n) is 5.03. The molecule has 0 saturated carbocycles. The number of benzene rings is 4. The van der Waals surface area contributed by atoms with Gasteiger partial charge in [-0.15, -0.1) is 0 Å². The highest BCUT2D eigenvalue weighted by Gasteiger charge is 2.30. The van der Waals surface area contributed by atoms with Crippen LogP contribution in [0.3, 0.4) is 0 Å². The van der Waals surface area contributed by atoms with Crippen molar-refractivity contribution in [3.8, 4) is 0 Å². The molecule has 0 N–H and O–H groups in total. The van der Waals surface area contributed by atoms with Gasteiger partial charge in [0.1, 0.15) is 0 Å². The monoisotopic (exact) mass is 454 g/mol. The van der Waals surface area contributed by atoms with Gasteiger partial charge in [0.25, 0.3) is 0 Å². The first-order valence-electron chi connectivity index (χ1n) is 10.3. The summed E-state index contributed by atoms with van der Waals surface area (Å²) in [5.41, 5.74) is 0. The molecule has 0 fully saturated rings. The van der Waals surface area contributed by atoms with Crippen LogP contribution in [0.2, 0.25) is 0 Å². The molecule has 0 atom stereocenters. The van der Waals surface area contributed by atoms with Crippen molar-refractivity contribution in [2.75, 3.05) is 0 Å². The van der Waals surface area contributed by atoms with Gasteiger partial charge in [0.15, 0.2) is 0 Å². The second kappa shape index (κ2) is 10.5. The Morgan fingerprint density at radius 1 is 0.406 bits per heavy atom. The molecule has 158 valence electrons. The second-order valence-corrected chi connectivity index (χ2v) is 11.9. The maximum atomic E-state index is 12.9. The van der Waals surface area contributed by atoms with Crippen molar-refractivity contribution in [2.45, 2.75) is 0 Å².